The average Bonchev–Trinajstić information content (AvgIpc) is 3.10. The van der Waals surface area contributed by atoms with Gasteiger partial charge in [0.05, 0.1) is 11.1 Å². The molecule has 0 aliphatic heterocycles. The van der Waals surface area contributed by atoms with E-state index in [1.165, 1.54) is 0 Å². The van der Waals surface area contributed by atoms with Gasteiger partial charge in [-0.05, 0) is 0 Å². The maximum atomic E-state index is 8.87. The first-order valence-electron chi connectivity index (χ1n) is 4.76. The monoisotopic (exact) mass is 236 g/mol. The van der Waals surface area contributed by atoms with Crippen molar-refractivity contribution in [2.24, 2.45) is 0 Å². The van der Waals surface area contributed by atoms with Crippen molar-refractivity contribution in [3.05, 3.63) is 33.4 Å². The van der Waals surface area contributed by atoms with Crippen LogP contribution in [0.25, 0.3) is 0 Å². The van der Waals surface area contributed by atoms with Crippen molar-refractivity contribution < 1.29 is 0 Å². The van der Waals surface area contributed by atoms with Crippen LogP contribution in [-0.4, -0.2) is 24.9 Å². The van der Waals surface area contributed by atoms with Gasteiger partial charge in [0, 0.05) is 47.2 Å². The fourth-order valence-corrected chi connectivity index (χ4v) is 1.52. The predicted molar refractivity (Wildman–Crippen MR) is 67.4 cm³/mol. The van der Waals surface area contributed by atoms with Crippen molar-refractivity contribution in [1.29, 1.82) is 32.2 Å². The zero-order valence-corrected chi connectivity index (χ0v) is 9.20. The van der Waals surface area contributed by atoms with Gasteiger partial charge in [-0.2, -0.15) is 10.5 Å². The fraction of sp³-hybridized carbons (Fsp3) is 0. The van der Waals surface area contributed by atoms with Crippen molar-refractivity contribution in [1.82, 2.24) is 0 Å². The van der Waals surface area contributed by atoms with Crippen LogP contribution in [0.5, 0.6) is 0 Å². The zero-order chi connectivity index (χ0) is 13.7. The molecule has 1 fully saturated rings. The molecule has 0 saturated heterocycles. The average molecular weight is 236 g/mol. The molecule has 0 aromatic carbocycles. The van der Waals surface area contributed by atoms with E-state index < -0.39 is 0 Å². The van der Waals surface area contributed by atoms with Crippen LogP contribution in [0.2, 0.25) is 0 Å². The molecule has 0 unspecified atom stereocenters. The molecule has 86 valence electrons. The summed E-state index contributed by atoms with van der Waals surface area (Å²) in [5.74, 6) is 0. The Kier molecular flexibility index (Phi) is 3.80. The van der Waals surface area contributed by atoms with Crippen LogP contribution in [-0.2, 0) is 0 Å². The van der Waals surface area contributed by atoms with Gasteiger partial charge in [0.25, 0.3) is 0 Å². The largest absolute Gasteiger partial charge is 0.308 e. The quantitative estimate of drug-likeness (QED) is 0.433. The summed E-state index contributed by atoms with van der Waals surface area (Å²) in [6.07, 6.45) is 3.58. The van der Waals surface area contributed by atoms with Crippen molar-refractivity contribution in [2.45, 2.75) is 0 Å². The minimum atomic E-state index is 0.0517. The molecule has 18 heavy (non-hydrogen) atoms. The smallest absolute Gasteiger partial charge is 0.101 e. The van der Waals surface area contributed by atoms with Crippen molar-refractivity contribution >= 4 is 24.9 Å². The Morgan fingerprint density at radius 1 is 0.722 bits per heavy atom. The summed E-state index contributed by atoms with van der Waals surface area (Å²) in [5.41, 5.74) is 1.50. The highest BCUT2D eigenvalue weighted by atomic mass is 14.5. The van der Waals surface area contributed by atoms with E-state index in [0.717, 1.165) is 24.9 Å². The molecule has 0 amide bonds. The molecule has 1 aliphatic rings. The molecule has 1 rings (SSSR count). The number of hydrogen-bond acceptors (Lipinski definition) is 6. The number of nitrogens with one attached hydrogen (secondary N) is 4. The summed E-state index contributed by atoms with van der Waals surface area (Å²) in [7, 11) is 0. The third kappa shape index (κ3) is 1.91. The zero-order valence-electron chi connectivity index (χ0n) is 9.20. The Morgan fingerprint density at radius 2 is 1.11 bits per heavy atom. The van der Waals surface area contributed by atoms with Crippen molar-refractivity contribution in [3.63, 3.8) is 0 Å². The normalized spacial score (nSPS) is 17.8. The Labute approximate surface area is 103 Å². The van der Waals surface area contributed by atoms with Crippen molar-refractivity contribution in [3.8, 4) is 12.1 Å². The lowest BCUT2D eigenvalue weighted by Crippen LogP contribution is -1.84. The van der Waals surface area contributed by atoms with E-state index in [2.05, 4.69) is 0 Å². The van der Waals surface area contributed by atoms with E-state index in [9.17, 15) is 0 Å². The van der Waals surface area contributed by atoms with Crippen LogP contribution in [0.4, 0.5) is 0 Å². The molecule has 0 aromatic heterocycles. The molecule has 0 bridgehead atoms. The highest BCUT2D eigenvalue weighted by Crippen LogP contribution is 2.49. The number of allylic oxidation sites excluding steroid dienone is 6. The van der Waals surface area contributed by atoms with Gasteiger partial charge < -0.3 is 21.6 Å². The van der Waals surface area contributed by atoms with E-state index in [-0.39, 0.29) is 16.7 Å². The molecule has 4 N–H and O–H groups in total. The van der Waals surface area contributed by atoms with E-state index in [1.807, 2.05) is 12.1 Å². The van der Waals surface area contributed by atoms with Crippen LogP contribution in [0, 0.1) is 44.3 Å². The van der Waals surface area contributed by atoms with E-state index in [1.54, 1.807) is 0 Å². The summed E-state index contributed by atoms with van der Waals surface area (Å²) >= 11 is 0. The Balaban J connectivity index is 3.72. The molecule has 1 saturated carbocycles. The summed E-state index contributed by atoms with van der Waals surface area (Å²) in [6, 6.07) is 3.63. The summed E-state index contributed by atoms with van der Waals surface area (Å²) in [5, 5.41) is 46.3. The summed E-state index contributed by atoms with van der Waals surface area (Å²) < 4.78 is 0. The minimum Gasteiger partial charge on any atom is -0.308 e. The minimum absolute atomic E-state index is 0.0517. The lowest BCUT2D eigenvalue weighted by Gasteiger charge is -1.84. The molecule has 0 atom stereocenters. The van der Waals surface area contributed by atoms with Crippen LogP contribution in [0.15, 0.2) is 33.4 Å². The van der Waals surface area contributed by atoms with Crippen LogP contribution < -0.4 is 0 Å². The maximum Gasteiger partial charge on any atom is 0.101 e. The first kappa shape index (κ1) is 12.9. The second-order valence-electron chi connectivity index (χ2n) is 3.21. The van der Waals surface area contributed by atoms with Gasteiger partial charge in [0.15, 0.2) is 0 Å². The number of rotatable bonds is 4. The van der Waals surface area contributed by atoms with E-state index in [0.29, 0.717) is 16.7 Å². The Hall–Kier alpha value is -3.12. The second-order valence-corrected chi connectivity index (χ2v) is 3.21. The predicted octanol–water partition coefficient (Wildman–Crippen LogP) is 1.54. The molecule has 0 spiro atoms. The summed E-state index contributed by atoms with van der Waals surface area (Å²) in [4.78, 5) is 0. The van der Waals surface area contributed by atoms with Gasteiger partial charge in [-0.25, -0.2) is 0 Å². The van der Waals surface area contributed by atoms with Crippen LogP contribution in [0.1, 0.15) is 0 Å². The van der Waals surface area contributed by atoms with Gasteiger partial charge in [-0.15, -0.1) is 0 Å². The van der Waals surface area contributed by atoms with Gasteiger partial charge in [-0.3, -0.25) is 0 Å². The third-order valence-corrected chi connectivity index (χ3v) is 2.36. The topological polar surface area (TPSA) is 143 Å². The SMILES string of the molecule is N#C/C(C=N)=C1/C(=C(C=N)C=N)/C1=C(/C#N)C=N. The van der Waals surface area contributed by atoms with E-state index in [4.69, 9.17) is 32.2 Å². The van der Waals surface area contributed by atoms with E-state index >= 15 is 0 Å². The number of nitriles is 2. The Morgan fingerprint density at radius 3 is 1.33 bits per heavy atom. The molecule has 0 radical (unpaired) electrons. The molecule has 6 heteroatoms. The molecule has 0 aromatic rings. The first-order chi connectivity index (χ1) is 8.69. The lowest BCUT2D eigenvalue weighted by molar-refractivity contribution is 1.48. The highest BCUT2D eigenvalue weighted by molar-refractivity contribution is 6.12. The van der Waals surface area contributed by atoms with Gasteiger partial charge in [-0.1, -0.05) is 0 Å². The highest BCUT2D eigenvalue weighted by Gasteiger charge is 2.38. The van der Waals surface area contributed by atoms with Gasteiger partial charge in [0.1, 0.15) is 12.1 Å². The summed E-state index contributed by atoms with van der Waals surface area (Å²) in [6.45, 7) is 0. The number of hydrogen-bond donors (Lipinski definition) is 4. The fourth-order valence-electron chi connectivity index (χ4n) is 1.52. The molecule has 1 aliphatic carbocycles. The van der Waals surface area contributed by atoms with Gasteiger partial charge >= 0.3 is 0 Å². The second kappa shape index (κ2) is 5.28. The third-order valence-electron chi connectivity index (χ3n) is 2.36. The number of nitrogens with zero attached hydrogens (tertiary/aromatic N) is 2. The molecular weight excluding hydrogens is 228 g/mol. The molecule has 6 nitrogen and oxygen atoms in total. The standard InChI is InChI=1S/C12H8N6/c13-1-7(2-14)10-11(8(3-15)4-16)12(10)9(5-17)6-18/h1-3,5,13-15,17H/b10-7?,11-8-,12-9-,13-1?,14-2?,15-3?,17-5?. The van der Waals surface area contributed by atoms with Crippen molar-refractivity contribution in [2.75, 3.05) is 0 Å². The molecule has 0 heterocycles. The lowest BCUT2D eigenvalue weighted by atomic mass is 10.2. The maximum absolute atomic E-state index is 8.87. The van der Waals surface area contributed by atoms with Crippen LogP contribution >= 0.6 is 0 Å². The molecular formula is C12H8N6. The first-order valence-corrected chi connectivity index (χ1v) is 4.76. The Bertz CT molecular complexity index is 576. The van der Waals surface area contributed by atoms with Crippen LogP contribution in [0.3, 0.4) is 0 Å². The van der Waals surface area contributed by atoms with Gasteiger partial charge in [0.2, 0.25) is 0 Å².